The van der Waals surface area contributed by atoms with Crippen molar-refractivity contribution in [1.29, 1.82) is 0 Å². The smallest absolute Gasteiger partial charge is 0.128 e. The molecule has 0 saturated carbocycles. The van der Waals surface area contributed by atoms with E-state index in [0.29, 0.717) is 23.7 Å². The van der Waals surface area contributed by atoms with Crippen LogP contribution in [0.3, 0.4) is 0 Å². The lowest BCUT2D eigenvalue weighted by Crippen LogP contribution is -2.34. The molecule has 0 fully saturated rings. The Morgan fingerprint density at radius 1 is 0.709 bits per heavy atom. The molecule has 6 atom stereocenters. The molecular formula is C52H47NOS. The molecule has 3 aromatic rings. The van der Waals surface area contributed by atoms with Crippen molar-refractivity contribution in [3.8, 4) is 5.75 Å². The Labute approximate surface area is 329 Å². The Morgan fingerprint density at radius 2 is 1.65 bits per heavy atom. The van der Waals surface area contributed by atoms with Crippen molar-refractivity contribution in [1.82, 2.24) is 0 Å². The zero-order valence-electron chi connectivity index (χ0n) is 31.3. The van der Waals surface area contributed by atoms with Crippen molar-refractivity contribution in [2.45, 2.75) is 69.4 Å². The van der Waals surface area contributed by atoms with Gasteiger partial charge in [-0.25, -0.2) is 0 Å². The van der Waals surface area contributed by atoms with Gasteiger partial charge in [0.25, 0.3) is 0 Å². The Morgan fingerprint density at radius 3 is 2.55 bits per heavy atom. The third-order valence-corrected chi connectivity index (χ3v) is 14.4. The van der Waals surface area contributed by atoms with Gasteiger partial charge >= 0.3 is 0 Å². The van der Waals surface area contributed by atoms with Gasteiger partial charge in [-0.1, -0.05) is 128 Å². The molecule has 7 aliphatic carbocycles. The first kappa shape index (κ1) is 33.2. The molecule has 272 valence electrons. The Hall–Kier alpha value is -5.12. The SMILES string of the molecule is C1=CC(C2=CCC(N(C3=CCC(C4=CC5Oc6ccccc6C5C=C4)C=C3)c3cccc4c5c(sc34)C(C3=CCCC=C3)=CCC5)C=C2)C2CCC=CC2=C1. The van der Waals surface area contributed by atoms with Gasteiger partial charge in [-0.15, -0.1) is 11.3 Å². The van der Waals surface area contributed by atoms with E-state index in [1.54, 1.807) is 0 Å². The molecule has 11 rings (SSSR count). The summed E-state index contributed by atoms with van der Waals surface area (Å²) in [6.45, 7) is 0. The molecule has 0 N–H and O–H groups in total. The van der Waals surface area contributed by atoms with Gasteiger partial charge in [0, 0.05) is 33.9 Å². The highest BCUT2D eigenvalue weighted by Gasteiger charge is 2.35. The minimum absolute atomic E-state index is 0.0810. The number of hydrogen-bond donors (Lipinski definition) is 0. The summed E-state index contributed by atoms with van der Waals surface area (Å²) >= 11 is 2.02. The van der Waals surface area contributed by atoms with Crippen LogP contribution in [-0.4, -0.2) is 12.1 Å². The highest BCUT2D eigenvalue weighted by Crippen LogP contribution is 2.49. The van der Waals surface area contributed by atoms with Gasteiger partial charge in [0.2, 0.25) is 0 Å². The van der Waals surface area contributed by atoms with Crippen molar-refractivity contribution >= 4 is 32.7 Å². The summed E-state index contributed by atoms with van der Waals surface area (Å²) in [6, 6.07) is 15.8. The lowest BCUT2D eigenvalue weighted by Gasteiger charge is -2.37. The first-order valence-electron chi connectivity index (χ1n) is 20.6. The fourth-order valence-corrected chi connectivity index (χ4v) is 11.8. The third-order valence-electron chi connectivity index (χ3n) is 13.1. The van der Waals surface area contributed by atoms with Gasteiger partial charge in [0.1, 0.15) is 11.9 Å². The molecule has 0 radical (unpaired) electrons. The van der Waals surface area contributed by atoms with Gasteiger partial charge in [0.05, 0.1) is 16.4 Å². The largest absolute Gasteiger partial charge is 0.485 e. The molecule has 0 bridgehead atoms. The summed E-state index contributed by atoms with van der Waals surface area (Å²) in [6.07, 6.45) is 52.4. The molecule has 2 aromatic carbocycles. The van der Waals surface area contributed by atoms with Gasteiger partial charge in [0.15, 0.2) is 0 Å². The number of ether oxygens (including phenoxy) is 1. The molecule has 2 heterocycles. The zero-order valence-corrected chi connectivity index (χ0v) is 32.1. The lowest BCUT2D eigenvalue weighted by atomic mass is 9.72. The number of allylic oxidation sites excluding steroid dienone is 19. The average molecular weight is 734 g/mol. The van der Waals surface area contributed by atoms with E-state index in [2.05, 4.69) is 157 Å². The summed E-state index contributed by atoms with van der Waals surface area (Å²) in [5.74, 6) is 2.72. The average Bonchev–Trinajstić information content (AvgIpc) is 3.83. The summed E-state index contributed by atoms with van der Waals surface area (Å²) in [4.78, 5) is 4.15. The van der Waals surface area contributed by atoms with E-state index >= 15 is 0 Å². The molecule has 8 aliphatic rings. The summed E-state index contributed by atoms with van der Waals surface area (Å²) in [7, 11) is 0. The molecule has 0 spiro atoms. The number of rotatable bonds is 6. The Kier molecular flexibility index (Phi) is 8.38. The first-order chi connectivity index (χ1) is 27.3. The second-order valence-corrected chi connectivity index (χ2v) is 17.3. The maximum atomic E-state index is 6.42. The molecule has 6 unspecified atom stereocenters. The normalized spacial score (nSPS) is 28.5. The van der Waals surface area contributed by atoms with Crippen molar-refractivity contribution in [2.75, 3.05) is 4.90 Å². The minimum atomic E-state index is 0.0810. The molecular weight excluding hydrogens is 687 g/mol. The van der Waals surface area contributed by atoms with Crippen molar-refractivity contribution in [3.05, 3.63) is 196 Å². The van der Waals surface area contributed by atoms with Crippen LogP contribution in [0.15, 0.2) is 180 Å². The van der Waals surface area contributed by atoms with Crippen LogP contribution in [-0.2, 0) is 6.42 Å². The highest BCUT2D eigenvalue weighted by atomic mass is 32.1. The minimum Gasteiger partial charge on any atom is -0.485 e. The van der Waals surface area contributed by atoms with E-state index in [4.69, 9.17) is 4.74 Å². The number of para-hydroxylation sites is 1. The first-order valence-corrected chi connectivity index (χ1v) is 21.5. The lowest BCUT2D eigenvalue weighted by molar-refractivity contribution is 0.267. The molecule has 1 aliphatic heterocycles. The summed E-state index contributed by atoms with van der Waals surface area (Å²) < 4.78 is 7.84. The number of hydrogen-bond acceptors (Lipinski definition) is 3. The van der Waals surface area contributed by atoms with Gasteiger partial charge in [-0.05, 0) is 120 Å². The predicted octanol–water partition coefficient (Wildman–Crippen LogP) is 13.1. The van der Waals surface area contributed by atoms with Gasteiger partial charge < -0.3 is 9.64 Å². The Bertz CT molecular complexity index is 2460. The molecule has 55 heavy (non-hydrogen) atoms. The van der Waals surface area contributed by atoms with Crippen LogP contribution in [0.1, 0.15) is 66.9 Å². The van der Waals surface area contributed by atoms with Crippen LogP contribution in [0.4, 0.5) is 5.69 Å². The standard InChI is InChI=1S/C52H47NOS/c1-2-11-36(12-3-1)43-18-9-19-46-47-20-10-21-48(52(47)55-51(43)46)53(40-30-25-37(26-31-40)42-17-8-14-35-13-4-5-15-41(35)42)39-28-23-34(24-29-39)38-27-32-45-44-16-6-7-22-49(44)54-50(45)33-38/h2,4,6-8,10-14,16-18,20-23,25-30,32-34,40-42,45,50H,1,3,5,9,15,19,24,31H2. The summed E-state index contributed by atoms with van der Waals surface area (Å²) in [5, 5.41) is 1.43. The van der Waals surface area contributed by atoms with E-state index in [1.807, 2.05) is 11.3 Å². The second-order valence-electron chi connectivity index (χ2n) is 16.3. The number of nitrogens with zero attached hydrogens (tertiary/aromatic N) is 1. The number of thiophene rings is 1. The van der Waals surface area contributed by atoms with Crippen molar-refractivity contribution < 1.29 is 4.74 Å². The fourth-order valence-electron chi connectivity index (χ4n) is 10.4. The van der Waals surface area contributed by atoms with E-state index in [9.17, 15) is 0 Å². The number of aryl methyl sites for hydroxylation is 1. The maximum Gasteiger partial charge on any atom is 0.128 e. The monoisotopic (exact) mass is 733 g/mol. The number of fused-ring (bicyclic) bond motifs is 7. The van der Waals surface area contributed by atoms with Crippen molar-refractivity contribution in [3.63, 3.8) is 0 Å². The van der Waals surface area contributed by atoms with Crippen molar-refractivity contribution in [2.24, 2.45) is 17.8 Å². The van der Waals surface area contributed by atoms with Crippen LogP contribution in [0.5, 0.6) is 5.75 Å². The molecule has 0 saturated heterocycles. The Balaban J connectivity index is 0.931. The molecule has 2 nitrogen and oxygen atoms in total. The quantitative estimate of drug-likeness (QED) is 0.250. The molecule has 0 amide bonds. The van der Waals surface area contributed by atoms with Crippen LogP contribution in [0, 0.1) is 17.8 Å². The van der Waals surface area contributed by atoms with Crippen LogP contribution >= 0.6 is 11.3 Å². The number of benzene rings is 2. The fraction of sp³-hybridized carbons (Fsp3) is 0.269. The van der Waals surface area contributed by atoms with Crippen LogP contribution in [0.25, 0.3) is 15.7 Å². The second kappa shape index (κ2) is 13.9. The highest BCUT2D eigenvalue weighted by molar-refractivity contribution is 7.21. The van der Waals surface area contributed by atoms with Gasteiger partial charge in [-0.3, -0.25) is 0 Å². The van der Waals surface area contributed by atoms with E-state index in [1.165, 1.54) is 78.2 Å². The maximum absolute atomic E-state index is 6.42. The number of anilines is 1. The van der Waals surface area contributed by atoms with Crippen LogP contribution in [0.2, 0.25) is 0 Å². The predicted molar refractivity (Wildman–Crippen MR) is 231 cm³/mol. The molecule has 3 heteroatoms. The third kappa shape index (κ3) is 5.82. The van der Waals surface area contributed by atoms with E-state index in [-0.39, 0.29) is 12.1 Å². The topological polar surface area (TPSA) is 12.5 Å². The van der Waals surface area contributed by atoms with E-state index < -0.39 is 0 Å². The zero-order chi connectivity index (χ0) is 36.3. The van der Waals surface area contributed by atoms with Gasteiger partial charge in [-0.2, -0.15) is 0 Å². The summed E-state index contributed by atoms with van der Waals surface area (Å²) in [5.41, 5.74) is 12.7. The van der Waals surface area contributed by atoms with Crippen LogP contribution < -0.4 is 9.64 Å². The van der Waals surface area contributed by atoms with E-state index in [0.717, 1.165) is 44.3 Å². The molecule has 1 aromatic heterocycles.